The molecule has 2 rings (SSSR count). The van der Waals surface area contributed by atoms with Crippen molar-refractivity contribution < 1.29 is 4.42 Å². The third-order valence-electron chi connectivity index (χ3n) is 1.14. The predicted molar refractivity (Wildman–Crippen MR) is 34.1 cm³/mol. The van der Waals surface area contributed by atoms with Crippen LogP contribution in [-0.2, 0) is 0 Å². The zero-order valence-electron chi connectivity index (χ0n) is 4.98. The van der Waals surface area contributed by atoms with E-state index in [1.54, 1.807) is 0 Å². The van der Waals surface area contributed by atoms with E-state index in [0.29, 0.717) is 5.71 Å². The summed E-state index contributed by atoms with van der Waals surface area (Å²) in [5.41, 5.74) is 11.0. The van der Waals surface area contributed by atoms with E-state index in [0.717, 1.165) is 0 Å². The number of hydrogen-bond donors (Lipinski definition) is 2. The zero-order chi connectivity index (χ0) is 7.14. The SMILES string of the molecule is Nc1nn2c(N)ncc2o1. The lowest BCUT2D eigenvalue weighted by atomic mass is 10.9. The molecule has 0 unspecified atom stereocenters. The fraction of sp³-hybridized carbons (Fsp3) is 0. The number of fused-ring (bicyclic) bond motifs is 1. The maximum atomic E-state index is 5.36. The Balaban J connectivity index is 2.90. The predicted octanol–water partition coefficient (Wildman–Crippen LogP) is -0.513. The summed E-state index contributed by atoms with van der Waals surface area (Å²) >= 11 is 0. The van der Waals surface area contributed by atoms with Gasteiger partial charge in [-0.3, -0.25) is 0 Å². The van der Waals surface area contributed by atoms with E-state index >= 15 is 0 Å². The van der Waals surface area contributed by atoms with E-state index in [9.17, 15) is 0 Å². The van der Waals surface area contributed by atoms with Crippen molar-refractivity contribution in [1.82, 2.24) is 14.6 Å². The van der Waals surface area contributed by atoms with Crippen LogP contribution in [0.5, 0.6) is 0 Å². The number of nitrogens with zero attached hydrogens (tertiary/aromatic N) is 3. The molecule has 0 spiro atoms. The molecule has 0 aliphatic heterocycles. The Kier molecular flexibility index (Phi) is 0.717. The summed E-state index contributed by atoms with van der Waals surface area (Å²) in [5.74, 6) is 0.274. The third-order valence-corrected chi connectivity index (χ3v) is 1.14. The van der Waals surface area contributed by atoms with Gasteiger partial charge in [-0.2, -0.15) is 4.52 Å². The van der Waals surface area contributed by atoms with Gasteiger partial charge in [-0.15, -0.1) is 5.10 Å². The summed E-state index contributed by atoms with van der Waals surface area (Å²) in [6, 6.07) is 0.0871. The largest absolute Gasteiger partial charge is 0.404 e. The van der Waals surface area contributed by atoms with Crippen molar-refractivity contribution in [3.63, 3.8) is 0 Å². The van der Waals surface area contributed by atoms with Gasteiger partial charge in [-0.25, -0.2) is 4.98 Å². The van der Waals surface area contributed by atoms with Crippen molar-refractivity contribution in [3.05, 3.63) is 6.20 Å². The van der Waals surface area contributed by atoms with Crippen LogP contribution in [-0.4, -0.2) is 14.6 Å². The summed E-state index contributed by atoms with van der Waals surface area (Å²) in [5, 5.41) is 3.71. The Hall–Kier alpha value is -1.72. The smallest absolute Gasteiger partial charge is 0.311 e. The molecule has 6 heteroatoms. The van der Waals surface area contributed by atoms with Crippen LogP contribution in [0, 0.1) is 0 Å². The van der Waals surface area contributed by atoms with Crippen LogP contribution in [0.25, 0.3) is 5.71 Å². The molecule has 0 bridgehead atoms. The molecule has 0 aliphatic carbocycles. The average Bonchev–Trinajstić information content (AvgIpc) is 2.35. The van der Waals surface area contributed by atoms with Gasteiger partial charge in [0.25, 0.3) is 0 Å². The van der Waals surface area contributed by atoms with E-state index < -0.39 is 0 Å². The van der Waals surface area contributed by atoms with Crippen molar-refractivity contribution in [3.8, 4) is 0 Å². The third kappa shape index (κ3) is 0.471. The topological polar surface area (TPSA) is 95.4 Å². The molecule has 0 saturated carbocycles. The number of nitrogen functional groups attached to an aromatic ring is 2. The molecule has 10 heavy (non-hydrogen) atoms. The Morgan fingerprint density at radius 1 is 1.50 bits per heavy atom. The lowest BCUT2D eigenvalue weighted by molar-refractivity contribution is 0.623. The van der Waals surface area contributed by atoms with Gasteiger partial charge in [0.1, 0.15) is 0 Å². The molecule has 52 valence electrons. The molecule has 0 amide bonds. The number of rotatable bonds is 0. The number of hydrogen-bond acceptors (Lipinski definition) is 5. The second kappa shape index (κ2) is 1.41. The molecule has 0 fully saturated rings. The number of nitrogens with two attached hydrogens (primary N) is 2. The van der Waals surface area contributed by atoms with Gasteiger partial charge >= 0.3 is 6.01 Å². The van der Waals surface area contributed by atoms with Crippen LogP contribution in [0.3, 0.4) is 0 Å². The first-order chi connectivity index (χ1) is 4.77. The quantitative estimate of drug-likeness (QED) is 0.512. The van der Waals surface area contributed by atoms with Crippen LogP contribution < -0.4 is 11.5 Å². The molecule has 6 nitrogen and oxygen atoms in total. The maximum absolute atomic E-state index is 5.36. The Morgan fingerprint density at radius 2 is 2.30 bits per heavy atom. The number of anilines is 2. The molecule has 4 N–H and O–H groups in total. The molecular weight excluding hydrogens is 134 g/mol. The number of aromatic nitrogens is 3. The summed E-state index contributed by atoms with van der Waals surface area (Å²) in [6.07, 6.45) is 1.46. The summed E-state index contributed by atoms with van der Waals surface area (Å²) < 4.78 is 6.20. The van der Waals surface area contributed by atoms with Gasteiger partial charge in [0.2, 0.25) is 11.7 Å². The molecular formula is C4H5N5O. The highest BCUT2D eigenvalue weighted by molar-refractivity contribution is 5.40. The molecule has 0 atom stereocenters. The molecule has 0 radical (unpaired) electrons. The maximum Gasteiger partial charge on any atom is 0.311 e. The first-order valence-electron chi connectivity index (χ1n) is 2.63. The summed E-state index contributed by atoms with van der Waals surface area (Å²) in [6.45, 7) is 0. The van der Waals surface area contributed by atoms with E-state index in [1.165, 1.54) is 10.7 Å². The van der Waals surface area contributed by atoms with Crippen LogP contribution in [0.2, 0.25) is 0 Å². The van der Waals surface area contributed by atoms with Crippen molar-refractivity contribution in [2.75, 3.05) is 11.5 Å². The van der Waals surface area contributed by atoms with Crippen molar-refractivity contribution in [2.45, 2.75) is 0 Å². The van der Waals surface area contributed by atoms with Gasteiger partial charge in [0.05, 0.1) is 6.20 Å². The molecule has 0 aliphatic rings. The fourth-order valence-corrected chi connectivity index (χ4v) is 0.740. The highest BCUT2D eigenvalue weighted by Crippen LogP contribution is 2.09. The van der Waals surface area contributed by atoms with Crippen molar-refractivity contribution in [2.24, 2.45) is 0 Å². The lowest BCUT2D eigenvalue weighted by Crippen LogP contribution is -1.95. The van der Waals surface area contributed by atoms with E-state index in [1.807, 2.05) is 0 Å². The van der Waals surface area contributed by atoms with Gasteiger partial charge < -0.3 is 15.9 Å². The molecule has 0 saturated heterocycles. The highest BCUT2D eigenvalue weighted by Gasteiger charge is 2.04. The van der Waals surface area contributed by atoms with Crippen molar-refractivity contribution in [1.29, 1.82) is 0 Å². The van der Waals surface area contributed by atoms with Crippen LogP contribution in [0.4, 0.5) is 12.0 Å². The molecule has 2 aromatic rings. The normalized spacial score (nSPS) is 10.8. The second-order valence-corrected chi connectivity index (χ2v) is 1.81. The van der Waals surface area contributed by atoms with E-state index in [4.69, 9.17) is 15.9 Å². The van der Waals surface area contributed by atoms with Gasteiger partial charge in [0, 0.05) is 0 Å². The fourth-order valence-electron chi connectivity index (χ4n) is 0.740. The van der Waals surface area contributed by atoms with Crippen molar-refractivity contribution >= 4 is 17.7 Å². The van der Waals surface area contributed by atoms with Gasteiger partial charge in [0.15, 0.2) is 0 Å². The Morgan fingerprint density at radius 3 is 3.00 bits per heavy atom. The average molecular weight is 139 g/mol. The minimum Gasteiger partial charge on any atom is -0.404 e. The first-order valence-corrected chi connectivity index (χ1v) is 2.63. The molecule has 2 heterocycles. The van der Waals surface area contributed by atoms with E-state index in [-0.39, 0.29) is 12.0 Å². The van der Waals surface area contributed by atoms with Crippen LogP contribution >= 0.6 is 0 Å². The lowest BCUT2D eigenvalue weighted by Gasteiger charge is -1.79. The van der Waals surface area contributed by atoms with Gasteiger partial charge in [-0.05, 0) is 0 Å². The Bertz CT molecular complexity index is 360. The monoisotopic (exact) mass is 139 g/mol. The van der Waals surface area contributed by atoms with E-state index in [2.05, 4.69) is 10.1 Å². The standard InChI is InChI=1S/C4H5N5O/c5-3-7-1-2-9(3)8-4(6)10-2/h1H,(H2,5,7)(H2,6,8). The highest BCUT2D eigenvalue weighted by atomic mass is 16.4. The molecule has 0 aromatic carbocycles. The minimum absolute atomic E-state index is 0.0871. The zero-order valence-corrected chi connectivity index (χ0v) is 4.98. The number of imidazole rings is 1. The molecule has 2 aromatic heterocycles. The Labute approximate surface area is 55.4 Å². The summed E-state index contributed by atoms with van der Waals surface area (Å²) in [7, 11) is 0. The van der Waals surface area contributed by atoms with Gasteiger partial charge in [-0.1, -0.05) is 0 Å². The summed E-state index contributed by atoms with van der Waals surface area (Å²) in [4.78, 5) is 3.73. The first kappa shape index (κ1) is 5.10. The van der Waals surface area contributed by atoms with Crippen LogP contribution in [0.1, 0.15) is 0 Å². The minimum atomic E-state index is 0.0871. The second-order valence-electron chi connectivity index (χ2n) is 1.81. The van der Waals surface area contributed by atoms with Crippen LogP contribution in [0.15, 0.2) is 10.6 Å².